The van der Waals surface area contributed by atoms with Crippen LogP contribution in [0.1, 0.15) is 39.0 Å². The van der Waals surface area contributed by atoms with Crippen molar-refractivity contribution in [2.75, 3.05) is 13.1 Å². The first-order valence-corrected chi connectivity index (χ1v) is 8.78. The largest absolute Gasteiger partial charge is 0.329 e. The zero-order valence-electron chi connectivity index (χ0n) is 12.0. The highest BCUT2D eigenvalue weighted by molar-refractivity contribution is 7.89. The van der Waals surface area contributed by atoms with Crippen molar-refractivity contribution in [2.24, 2.45) is 5.73 Å². The van der Waals surface area contributed by atoms with E-state index in [1.165, 1.54) is 6.20 Å². The van der Waals surface area contributed by atoms with Crippen molar-refractivity contribution >= 4 is 10.0 Å². The maximum Gasteiger partial charge on any atom is 0.246 e. The van der Waals surface area contributed by atoms with Crippen LogP contribution in [0.5, 0.6) is 0 Å². The maximum atomic E-state index is 12.8. The highest BCUT2D eigenvalue weighted by Gasteiger charge is 2.32. The molecule has 1 aliphatic rings. The topological polar surface area (TPSA) is 81.2 Å². The van der Waals surface area contributed by atoms with E-state index in [1.807, 2.05) is 0 Å². The average Bonchev–Trinajstić information content (AvgIpc) is 2.76. The highest BCUT2D eigenvalue weighted by atomic mass is 32.2. The molecule has 1 atom stereocenters. The third-order valence-electron chi connectivity index (χ3n) is 3.87. The maximum absolute atomic E-state index is 12.8. The molecule has 0 spiro atoms. The first kappa shape index (κ1) is 15.5. The van der Waals surface area contributed by atoms with Crippen LogP contribution in [-0.2, 0) is 16.6 Å². The van der Waals surface area contributed by atoms with Gasteiger partial charge in [-0.25, -0.2) is 8.42 Å². The second kappa shape index (κ2) is 6.69. The van der Waals surface area contributed by atoms with Crippen LogP contribution in [0.3, 0.4) is 0 Å². The summed E-state index contributed by atoms with van der Waals surface area (Å²) in [6, 6.07) is 0.111. The molecule has 114 valence electrons. The summed E-state index contributed by atoms with van der Waals surface area (Å²) in [6.07, 6.45) is 7.98. The van der Waals surface area contributed by atoms with E-state index in [0.717, 1.165) is 32.1 Å². The lowest BCUT2D eigenvalue weighted by molar-refractivity contribution is 0.315. The Labute approximate surface area is 121 Å². The monoisotopic (exact) mass is 300 g/mol. The number of hydrogen-bond donors (Lipinski definition) is 1. The average molecular weight is 300 g/mol. The van der Waals surface area contributed by atoms with Gasteiger partial charge in [-0.1, -0.05) is 19.8 Å². The van der Waals surface area contributed by atoms with Crippen molar-refractivity contribution in [1.29, 1.82) is 0 Å². The molecule has 1 fully saturated rings. The van der Waals surface area contributed by atoms with Gasteiger partial charge >= 0.3 is 0 Å². The van der Waals surface area contributed by atoms with Crippen molar-refractivity contribution < 1.29 is 8.42 Å². The van der Waals surface area contributed by atoms with Crippen LogP contribution in [0.25, 0.3) is 0 Å². The Bertz CT molecular complexity index is 526. The highest BCUT2D eigenvalue weighted by Crippen LogP contribution is 2.26. The predicted molar refractivity (Wildman–Crippen MR) is 77.7 cm³/mol. The molecular formula is C13H24N4O2S. The lowest BCUT2D eigenvalue weighted by atomic mass is 10.1. The van der Waals surface area contributed by atoms with Gasteiger partial charge in [-0.15, -0.1) is 0 Å². The molecule has 0 aromatic carbocycles. The lowest BCUT2D eigenvalue weighted by Gasteiger charge is -2.27. The Morgan fingerprint density at radius 3 is 2.90 bits per heavy atom. The molecule has 2 rings (SSSR count). The fourth-order valence-corrected chi connectivity index (χ4v) is 4.47. The molecule has 0 bridgehead atoms. The molecule has 0 radical (unpaired) electrons. The summed E-state index contributed by atoms with van der Waals surface area (Å²) in [7, 11) is -3.43. The first-order valence-electron chi connectivity index (χ1n) is 7.34. The molecular weight excluding hydrogens is 276 g/mol. The summed E-state index contributed by atoms with van der Waals surface area (Å²) in [6.45, 7) is 3.65. The predicted octanol–water partition coefficient (Wildman–Crippen LogP) is 1.19. The van der Waals surface area contributed by atoms with E-state index in [4.69, 9.17) is 5.73 Å². The minimum atomic E-state index is -3.43. The van der Waals surface area contributed by atoms with Gasteiger partial charge in [0.15, 0.2) is 0 Å². The molecule has 1 aliphatic heterocycles. The third kappa shape index (κ3) is 3.21. The SMILES string of the molecule is CCC1CCCCCN1S(=O)(=O)c1cnn(CCN)c1. The van der Waals surface area contributed by atoms with Crippen LogP contribution < -0.4 is 5.73 Å². The van der Waals surface area contributed by atoms with Gasteiger partial charge in [0.05, 0.1) is 12.7 Å². The summed E-state index contributed by atoms with van der Waals surface area (Å²) in [5, 5.41) is 4.07. The molecule has 20 heavy (non-hydrogen) atoms. The second-order valence-electron chi connectivity index (χ2n) is 5.25. The van der Waals surface area contributed by atoms with E-state index in [2.05, 4.69) is 12.0 Å². The van der Waals surface area contributed by atoms with Gasteiger partial charge in [0.1, 0.15) is 4.90 Å². The summed E-state index contributed by atoms with van der Waals surface area (Å²) < 4.78 is 28.8. The summed E-state index contributed by atoms with van der Waals surface area (Å²) in [5.74, 6) is 0. The van der Waals surface area contributed by atoms with Crippen LogP contribution in [0.15, 0.2) is 17.3 Å². The van der Waals surface area contributed by atoms with Gasteiger partial charge in [-0.05, 0) is 19.3 Å². The van der Waals surface area contributed by atoms with Gasteiger partial charge in [0.2, 0.25) is 10.0 Å². The van der Waals surface area contributed by atoms with E-state index in [0.29, 0.717) is 19.6 Å². The molecule has 0 saturated carbocycles. The Hall–Kier alpha value is -0.920. The molecule has 1 aromatic rings. The van der Waals surface area contributed by atoms with Gasteiger partial charge in [-0.2, -0.15) is 9.40 Å². The quantitative estimate of drug-likeness (QED) is 0.885. The standard InChI is InChI=1S/C13H24N4O2S/c1-2-12-6-4-3-5-8-17(12)20(18,19)13-10-15-16(11-13)9-7-14/h10-12H,2-9,14H2,1H3. The number of hydrogen-bond acceptors (Lipinski definition) is 4. The minimum Gasteiger partial charge on any atom is -0.329 e. The van der Waals surface area contributed by atoms with E-state index in [-0.39, 0.29) is 10.9 Å². The van der Waals surface area contributed by atoms with Crippen LogP contribution in [0.4, 0.5) is 0 Å². The summed E-state index contributed by atoms with van der Waals surface area (Å²) >= 11 is 0. The first-order chi connectivity index (χ1) is 9.59. The third-order valence-corrected chi connectivity index (χ3v) is 5.77. The van der Waals surface area contributed by atoms with Gasteiger partial charge in [-0.3, -0.25) is 4.68 Å². The number of nitrogens with two attached hydrogens (primary N) is 1. The smallest absolute Gasteiger partial charge is 0.246 e. The molecule has 0 amide bonds. The zero-order valence-corrected chi connectivity index (χ0v) is 12.8. The normalized spacial score (nSPS) is 21.8. The second-order valence-corrected chi connectivity index (χ2v) is 7.15. The van der Waals surface area contributed by atoms with Crippen LogP contribution in [0.2, 0.25) is 0 Å². The van der Waals surface area contributed by atoms with Crippen LogP contribution in [-0.4, -0.2) is 41.6 Å². The van der Waals surface area contributed by atoms with Gasteiger partial charge < -0.3 is 5.73 Å². The molecule has 7 heteroatoms. The lowest BCUT2D eigenvalue weighted by Crippen LogP contribution is -2.39. The molecule has 1 unspecified atom stereocenters. The van der Waals surface area contributed by atoms with Gasteiger partial charge in [0, 0.05) is 25.3 Å². The van der Waals surface area contributed by atoms with E-state index in [9.17, 15) is 8.42 Å². The van der Waals surface area contributed by atoms with E-state index >= 15 is 0 Å². The Morgan fingerprint density at radius 1 is 1.40 bits per heavy atom. The fourth-order valence-electron chi connectivity index (χ4n) is 2.74. The Balaban J connectivity index is 2.26. The van der Waals surface area contributed by atoms with Crippen molar-refractivity contribution in [3.63, 3.8) is 0 Å². The molecule has 1 aromatic heterocycles. The Morgan fingerprint density at radius 2 is 2.20 bits per heavy atom. The summed E-state index contributed by atoms with van der Waals surface area (Å²) in [5.41, 5.74) is 5.47. The van der Waals surface area contributed by atoms with Crippen molar-refractivity contribution in [1.82, 2.24) is 14.1 Å². The Kier molecular flexibility index (Phi) is 5.17. The van der Waals surface area contributed by atoms with Gasteiger partial charge in [0.25, 0.3) is 0 Å². The minimum absolute atomic E-state index is 0.111. The zero-order chi connectivity index (χ0) is 14.6. The van der Waals surface area contributed by atoms with E-state index in [1.54, 1.807) is 15.2 Å². The van der Waals surface area contributed by atoms with E-state index < -0.39 is 10.0 Å². The van der Waals surface area contributed by atoms with Crippen LogP contribution in [0, 0.1) is 0 Å². The number of sulfonamides is 1. The molecule has 6 nitrogen and oxygen atoms in total. The molecule has 0 aliphatic carbocycles. The molecule has 2 N–H and O–H groups in total. The van der Waals surface area contributed by atoms with Crippen molar-refractivity contribution in [3.8, 4) is 0 Å². The molecule has 1 saturated heterocycles. The number of aromatic nitrogens is 2. The number of rotatable bonds is 5. The molecule has 2 heterocycles. The summed E-state index contributed by atoms with van der Waals surface area (Å²) in [4.78, 5) is 0.284. The van der Waals surface area contributed by atoms with Crippen LogP contribution >= 0.6 is 0 Å². The fraction of sp³-hybridized carbons (Fsp3) is 0.769. The van der Waals surface area contributed by atoms with Crippen molar-refractivity contribution in [2.45, 2.75) is 56.5 Å². The number of nitrogens with zero attached hydrogens (tertiary/aromatic N) is 3. The van der Waals surface area contributed by atoms with Crippen molar-refractivity contribution in [3.05, 3.63) is 12.4 Å².